The Morgan fingerprint density at radius 2 is 1.79 bits per heavy atom. The molecule has 2 heterocycles. The van der Waals surface area contributed by atoms with E-state index in [-0.39, 0.29) is 11.8 Å². The van der Waals surface area contributed by atoms with Crippen molar-refractivity contribution in [2.24, 2.45) is 0 Å². The summed E-state index contributed by atoms with van der Waals surface area (Å²) in [6.45, 7) is 8.36. The fourth-order valence-corrected chi connectivity index (χ4v) is 5.84. The van der Waals surface area contributed by atoms with Gasteiger partial charge in [0.05, 0.1) is 34.9 Å². The average molecular weight is 612 g/mol. The van der Waals surface area contributed by atoms with Gasteiger partial charge in [0.2, 0.25) is 0 Å². The lowest BCUT2D eigenvalue weighted by Crippen LogP contribution is -2.61. The number of halogens is 2. The first-order chi connectivity index (χ1) is 20.2. The molecule has 2 saturated heterocycles. The molecule has 0 unspecified atom stereocenters. The maximum atomic E-state index is 13.7. The fourth-order valence-electron chi connectivity index (χ4n) is 5.54. The lowest BCUT2D eigenvalue weighted by molar-refractivity contribution is -0.134. The van der Waals surface area contributed by atoms with E-state index >= 15 is 0 Å². The van der Waals surface area contributed by atoms with Crippen molar-refractivity contribution in [3.05, 3.63) is 81.3 Å². The van der Waals surface area contributed by atoms with Crippen molar-refractivity contribution in [2.75, 3.05) is 59.5 Å². The van der Waals surface area contributed by atoms with E-state index in [1.54, 1.807) is 11.0 Å². The molecule has 0 bridgehead atoms. The van der Waals surface area contributed by atoms with E-state index in [4.69, 9.17) is 37.8 Å². The summed E-state index contributed by atoms with van der Waals surface area (Å²) in [6, 6.07) is 19.8. The van der Waals surface area contributed by atoms with Crippen LogP contribution in [0.2, 0.25) is 10.0 Å². The normalized spacial score (nSPS) is 16.5. The number of morpholine rings is 1. The van der Waals surface area contributed by atoms with Crippen LogP contribution in [0, 0.1) is 11.3 Å². The number of carboxylic acid groups (broad SMARTS) is 1. The highest BCUT2D eigenvalue weighted by Crippen LogP contribution is 2.30. The maximum absolute atomic E-state index is 13.7. The molecule has 5 rings (SSSR count). The van der Waals surface area contributed by atoms with Crippen molar-refractivity contribution < 1.29 is 19.4 Å². The van der Waals surface area contributed by atoms with Crippen LogP contribution in [0.15, 0.2) is 54.6 Å². The van der Waals surface area contributed by atoms with Crippen molar-refractivity contribution in [3.63, 3.8) is 0 Å². The monoisotopic (exact) mass is 610 g/mol. The third-order valence-corrected chi connectivity index (χ3v) is 8.51. The van der Waals surface area contributed by atoms with Crippen LogP contribution >= 0.6 is 23.2 Å². The molecule has 3 aromatic rings. The molecule has 2 fully saturated rings. The molecule has 8 nitrogen and oxygen atoms in total. The summed E-state index contributed by atoms with van der Waals surface area (Å²) in [4.78, 5) is 29.5. The first-order valence-corrected chi connectivity index (χ1v) is 14.8. The number of nitriles is 1. The summed E-state index contributed by atoms with van der Waals surface area (Å²) in [6.07, 6.45) is 0.893. The van der Waals surface area contributed by atoms with Gasteiger partial charge in [0, 0.05) is 64.2 Å². The Kier molecular flexibility index (Phi) is 11.2. The molecule has 222 valence electrons. The van der Waals surface area contributed by atoms with Gasteiger partial charge in [-0.05, 0) is 53.6 Å². The number of amides is 1. The second kappa shape index (κ2) is 14.8. The number of benzene rings is 3. The Bertz CT molecular complexity index is 1440. The first kappa shape index (κ1) is 31.7. The smallest absolute Gasteiger partial charge is 0.300 e. The highest BCUT2D eigenvalue weighted by atomic mass is 35.5. The third-order valence-electron chi connectivity index (χ3n) is 7.77. The number of ether oxygens (including phenoxy) is 1. The summed E-state index contributed by atoms with van der Waals surface area (Å²) in [5, 5.41) is 19.7. The van der Waals surface area contributed by atoms with E-state index in [9.17, 15) is 10.1 Å². The zero-order valence-electron chi connectivity index (χ0n) is 23.9. The number of aliphatic carboxylic acids is 1. The number of fused-ring (bicyclic) bond motifs is 1. The number of carbonyl (C=O) groups is 2. The molecule has 2 aliphatic rings. The summed E-state index contributed by atoms with van der Waals surface area (Å²) in [5.74, 6) is -0.841. The topological polar surface area (TPSA) is 97.1 Å². The predicted molar refractivity (Wildman–Crippen MR) is 165 cm³/mol. The van der Waals surface area contributed by atoms with Gasteiger partial charge in [-0.2, -0.15) is 5.26 Å². The Morgan fingerprint density at radius 1 is 1.10 bits per heavy atom. The van der Waals surface area contributed by atoms with Crippen molar-refractivity contribution >= 4 is 45.9 Å². The summed E-state index contributed by atoms with van der Waals surface area (Å²) >= 11 is 12.6. The maximum Gasteiger partial charge on any atom is 0.300 e. The number of carboxylic acids is 1. The first-order valence-electron chi connectivity index (χ1n) is 14.0. The Morgan fingerprint density at radius 3 is 2.45 bits per heavy atom. The van der Waals surface area contributed by atoms with Crippen LogP contribution < -0.4 is 0 Å². The van der Waals surface area contributed by atoms with Crippen molar-refractivity contribution in [1.29, 1.82) is 5.26 Å². The van der Waals surface area contributed by atoms with Gasteiger partial charge in [-0.25, -0.2) is 0 Å². The number of rotatable bonds is 8. The number of nitrogens with zero attached hydrogens (tertiary/aromatic N) is 4. The third kappa shape index (κ3) is 8.21. The van der Waals surface area contributed by atoms with Crippen LogP contribution in [0.4, 0.5) is 0 Å². The number of carbonyl (C=O) groups excluding carboxylic acids is 1. The molecule has 0 spiro atoms. The standard InChI is InChI=1S/C30H32Cl2N4O2.C2H4O2/c1-34(30(37)27-15-21(17-33)14-23-4-2-3-5-26(23)27)18-24(22-6-7-28(31)29(32)16-22)8-9-35-19-25(20-35)36-10-12-38-13-11-36;1-2(3)4/h2-7,14-16,24-25H,8-13,18-20H2,1H3;1H3,(H,3,4)/t24-;/m1./s1. The molecule has 0 radical (unpaired) electrons. The molecule has 0 saturated carbocycles. The van der Waals surface area contributed by atoms with Crippen LogP contribution in [-0.4, -0.2) is 97.3 Å². The molecule has 2 aliphatic heterocycles. The molecular formula is C32H36Cl2N4O4. The predicted octanol–water partition coefficient (Wildman–Crippen LogP) is 5.37. The number of hydrogen-bond acceptors (Lipinski definition) is 6. The van der Waals surface area contributed by atoms with Crippen molar-refractivity contribution in [1.82, 2.24) is 14.7 Å². The quantitative estimate of drug-likeness (QED) is 0.366. The van der Waals surface area contributed by atoms with Crippen LogP contribution in [-0.2, 0) is 9.53 Å². The van der Waals surface area contributed by atoms with Gasteiger partial charge in [-0.3, -0.25) is 14.5 Å². The molecular weight excluding hydrogens is 575 g/mol. The van der Waals surface area contributed by atoms with E-state index in [1.807, 2.05) is 55.6 Å². The summed E-state index contributed by atoms with van der Waals surface area (Å²) in [5.41, 5.74) is 2.10. The minimum Gasteiger partial charge on any atom is -0.481 e. The van der Waals surface area contributed by atoms with Crippen LogP contribution in [0.1, 0.15) is 40.7 Å². The van der Waals surface area contributed by atoms with Gasteiger partial charge in [0.1, 0.15) is 0 Å². The van der Waals surface area contributed by atoms with Gasteiger partial charge in [0.25, 0.3) is 11.9 Å². The van der Waals surface area contributed by atoms with Crippen LogP contribution in [0.25, 0.3) is 10.8 Å². The Labute approximate surface area is 257 Å². The van der Waals surface area contributed by atoms with Gasteiger partial charge in [0.15, 0.2) is 0 Å². The Hall–Kier alpha value is -3.19. The van der Waals surface area contributed by atoms with E-state index < -0.39 is 5.97 Å². The van der Waals surface area contributed by atoms with Crippen molar-refractivity contribution in [2.45, 2.75) is 25.3 Å². The SMILES string of the molecule is CC(=O)O.CN(C[C@@H](CCN1CC(N2CCOCC2)C1)c1ccc(Cl)c(Cl)c1)C(=O)c1cc(C#N)cc2ccccc12. The minimum atomic E-state index is -0.833. The zero-order valence-corrected chi connectivity index (χ0v) is 25.4. The molecule has 1 atom stereocenters. The molecule has 0 aliphatic carbocycles. The number of hydrogen-bond donors (Lipinski definition) is 1. The van der Waals surface area contributed by atoms with Gasteiger partial charge < -0.3 is 19.6 Å². The Balaban J connectivity index is 0.000000952. The highest BCUT2D eigenvalue weighted by molar-refractivity contribution is 6.42. The highest BCUT2D eigenvalue weighted by Gasteiger charge is 2.33. The van der Waals surface area contributed by atoms with Crippen molar-refractivity contribution in [3.8, 4) is 6.07 Å². The zero-order chi connectivity index (χ0) is 30.2. The lowest BCUT2D eigenvalue weighted by atomic mass is 9.93. The number of likely N-dealkylation sites (N-methyl/N-ethyl adjacent to an activating group) is 1. The van der Waals surface area contributed by atoms with E-state index in [1.165, 1.54) is 0 Å². The van der Waals surface area contributed by atoms with Gasteiger partial charge >= 0.3 is 0 Å². The lowest BCUT2D eigenvalue weighted by Gasteiger charge is -2.47. The van der Waals surface area contributed by atoms with Crippen LogP contribution in [0.3, 0.4) is 0 Å². The molecule has 0 aromatic heterocycles. The number of likely N-dealkylation sites (tertiary alicyclic amines) is 1. The largest absolute Gasteiger partial charge is 0.481 e. The molecule has 1 N–H and O–H groups in total. The van der Waals surface area contributed by atoms with E-state index in [0.29, 0.717) is 33.8 Å². The second-order valence-corrected chi connectivity index (χ2v) is 11.6. The average Bonchev–Trinajstić information content (AvgIpc) is 2.96. The summed E-state index contributed by atoms with van der Waals surface area (Å²) in [7, 11) is 1.83. The molecule has 3 aromatic carbocycles. The summed E-state index contributed by atoms with van der Waals surface area (Å²) < 4.78 is 5.49. The van der Waals surface area contributed by atoms with E-state index in [2.05, 4.69) is 15.9 Å². The van der Waals surface area contributed by atoms with Gasteiger partial charge in [-0.15, -0.1) is 0 Å². The van der Waals surface area contributed by atoms with Gasteiger partial charge in [-0.1, -0.05) is 53.5 Å². The fraction of sp³-hybridized carbons (Fsp3) is 0.406. The van der Waals surface area contributed by atoms with E-state index in [0.717, 1.165) is 75.6 Å². The molecule has 10 heteroatoms. The minimum absolute atomic E-state index is 0.0894. The molecule has 1 amide bonds. The van der Waals surface area contributed by atoms with Crippen LogP contribution in [0.5, 0.6) is 0 Å². The molecule has 42 heavy (non-hydrogen) atoms. The second-order valence-electron chi connectivity index (χ2n) is 10.8.